The first-order valence-electron chi connectivity index (χ1n) is 8.05. The average Bonchev–Trinajstić information content (AvgIpc) is 3.23. The van der Waals surface area contributed by atoms with Crippen LogP contribution in [0.15, 0.2) is 22.9 Å². The standard InChI is InChI=1S/C15H18N6O2S2/c1-10-7-14-16-9-17-21(14)8-13(10)12-3-5-20(6-4-12)25(22,23)15-19-18-11(2)24-15/h7-9,12H,3-6H2,1-2H3. The maximum absolute atomic E-state index is 12.7. The van der Waals surface area contributed by atoms with Crippen LogP contribution in [0.2, 0.25) is 0 Å². The highest BCUT2D eigenvalue weighted by Crippen LogP contribution is 2.33. The first-order chi connectivity index (χ1) is 11.9. The molecule has 3 aromatic heterocycles. The van der Waals surface area contributed by atoms with Crippen LogP contribution >= 0.6 is 11.3 Å². The van der Waals surface area contributed by atoms with E-state index in [9.17, 15) is 8.42 Å². The van der Waals surface area contributed by atoms with Crippen molar-refractivity contribution in [3.63, 3.8) is 0 Å². The quantitative estimate of drug-likeness (QED) is 0.689. The Balaban J connectivity index is 1.53. The largest absolute Gasteiger partial charge is 0.272 e. The molecule has 0 aromatic carbocycles. The van der Waals surface area contributed by atoms with E-state index in [1.165, 1.54) is 21.8 Å². The van der Waals surface area contributed by atoms with E-state index in [1.54, 1.807) is 11.4 Å². The van der Waals surface area contributed by atoms with Gasteiger partial charge in [-0.15, -0.1) is 10.2 Å². The van der Waals surface area contributed by atoms with Gasteiger partial charge in [0.05, 0.1) is 0 Å². The SMILES string of the molecule is Cc1nnc(S(=O)(=O)N2CCC(c3cn4ncnc4cc3C)CC2)s1. The van der Waals surface area contributed by atoms with Crippen molar-refractivity contribution < 1.29 is 8.42 Å². The smallest absolute Gasteiger partial charge is 0.221 e. The Hall–Kier alpha value is -1.91. The van der Waals surface area contributed by atoms with Gasteiger partial charge >= 0.3 is 0 Å². The zero-order chi connectivity index (χ0) is 17.6. The zero-order valence-electron chi connectivity index (χ0n) is 14.0. The average molecular weight is 378 g/mol. The van der Waals surface area contributed by atoms with E-state index in [1.807, 2.05) is 12.3 Å². The molecule has 0 spiro atoms. The Labute approximate surface area is 149 Å². The van der Waals surface area contributed by atoms with E-state index in [0.717, 1.165) is 29.8 Å². The molecule has 1 fully saturated rings. The summed E-state index contributed by atoms with van der Waals surface area (Å²) in [5.74, 6) is 0.316. The topological polar surface area (TPSA) is 93.4 Å². The van der Waals surface area contributed by atoms with Crippen LogP contribution in [0.3, 0.4) is 0 Å². The number of fused-ring (bicyclic) bond motifs is 1. The Morgan fingerprint density at radius 2 is 1.96 bits per heavy atom. The van der Waals surface area contributed by atoms with Crippen LogP contribution in [-0.4, -0.2) is 50.6 Å². The molecule has 0 radical (unpaired) electrons. The van der Waals surface area contributed by atoms with Gasteiger partial charge in [-0.25, -0.2) is 17.9 Å². The molecule has 1 saturated heterocycles. The number of piperidine rings is 1. The lowest BCUT2D eigenvalue weighted by Gasteiger charge is -2.31. The van der Waals surface area contributed by atoms with Gasteiger partial charge in [-0.05, 0) is 49.8 Å². The molecule has 1 aliphatic heterocycles. The molecule has 0 atom stereocenters. The van der Waals surface area contributed by atoms with Crippen molar-refractivity contribution in [2.24, 2.45) is 0 Å². The maximum Gasteiger partial charge on any atom is 0.272 e. The Morgan fingerprint density at radius 3 is 2.64 bits per heavy atom. The van der Waals surface area contributed by atoms with Crippen LogP contribution in [0.25, 0.3) is 5.65 Å². The van der Waals surface area contributed by atoms with E-state index < -0.39 is 10.0 Å². The molecule has 0 aliphatic carbocycles. The van der Waals surface area contributed by atoms with Gasteiger partial charge in [-0.2, -0.15) is 9.40 Å². The summed E-state index contributed by atoms with van der Waals surface area (Å²) in [6, 6.07) is 2.02. The molecule has 4 heterocycles. The number of hydrogen-bond donors (Lipinski definition) is 0. The number of aryl methyl sites for hydroxylation is 2. The second kappa shape index (κ2) is 6.11. The highest BCUT2D eigenvalue weighted by Gasteiger charge is 2.32. The van der Waals surface area contributed by atoms with Crippen molar-refractivity contribution in [2.45, 2.75) is 36.9 Å². The number of sulfonamides is 1. The Kier molecular flexibility index (Phi) is 4.05. The molecule has 10 heteroatoms. The Bertz CT molecular complexity index is 1020. The monoisotopic (exact) mass is 378 g/mol. The number of aromatic nitrogens is 5. The summed E-state index contributed by atoms with van der Waals surface area (Å²) in [5, 5.41) is 12.5. The fraction of sp³-hybridized carbons (Fsp3) is 0.467. The highest BCUT2D eigenvalue weighted by molar-refractivity contribution is 7.91. The van der Waals surface area contributed by atoms with Gasteiger partial charge in [0.25, 0.3) is 10.0 Å². The molecular formula is C15H18N6O2S2. The molecule has 25 heavy (non-hydrogen) atoms. The molecule has 0 amide bonds. The summed E-state index contributed by atoms with van der Waals surface area (Å²) < 4.78 is 28.7. The van der Waals surface area contributed by atoms with Crippen LogP contribution in [0.1, 0.15) is 34.9 Å². The third-order valence-corrected chi connectivity index (χ3v) is 7.71. The van der Waals surface area contributed by atoms with Gasteiger partial charge in [-0.3, -0.25) is 0 Å². The lowest BCUT2D eigenvalue weighted by molar-refractivity contribution is 0.318. The highest BCUT2D eigenvalue weighted by atomic mass is 32.2. The summed E-state index contributed by atoms with van der Waals surface area (Å²) in [4.78, 5) is 4.20. The lowest BCUT2D eigenvalue weighted by Crippen LogP contribution is -2.38. The van der Waals surface area contributed by atoms with Crippen molar-refractivity contribution in [2.75, 3.05) is 13.1 Å². The molecule has 4 rings (SSSR count). The second-order valence-corrected chi connectivity index (χ2v) is 9.53. The molecule has 0 unspecified atom stereocenters. The van der Waals surface area contributed by atoms with Gasteiger partial charge in [0.1, 0.15) is 11.3 Å². The fourth-order valence-corrected chi connectivity index (χ4v) is 5.87. The third kappa shape index (κ3) is 2.94. The molecule has 0 bridgehead atoms. The van der Waals surface area contributed by atoms with E-state index in [4.69, 9.17) is 0 Å². The van der Waals surface area contributed by atoms with Crippen molar-refractivity contribution in [3.05, 3.63) is 34.7 Å². The minimum atomic E-state index is -3.53. The number of hydrogen-bond acceptors (Lipinski definition) is 7. The summed E-state index contributed by atoms with van der Waals surface area (Å²) >= 11 is 1.12. The van der Waals surface area contributed by atoms with Gasteiger partial charge in [0.2, 0.25) is 4.34 Å². The molecule has 1 aliphatic rings. The number of rotatable bonds is 3. The number of nitrogens with zero attached hydrogens (tertiary/aromatic N) is 6. The van der Waals surface area contributed by atoms with E-state index in [0.29, 0.717) is 24.0 Å². The zero-order valence-corrected chi connectivity index (χ0v) is 15.6. The van der Waals surface area contributed by atoms with Gasteiger partial charge in [0.15, 0.2) is 5.65 Å². The molecule has 0 N–H and O–H groups in total. The van der Waals surface area contributed by atoms with Crippen LogP contribution in [-0.2, 0) is 10.0 Å². The van der Waals surface area contributed by atoms with Crippen molar-refractivity contribution in [1.29, 1.82) is 0 Å². The first kappa shape index (κ1) is 16.6. The fourth-order valence-electron chi connectivity index (χ4n) is 3.30. The molecule has 132 valence electrons. The van der Waals surface area contributed by atoms with Crippen molar-refractivity contribution in [1.82, 2.24) is 29.1 Å². The molecule has 3 aromatic rings. The van der Waals surface area contributed by atoms with Crippen LogP contribution < -0.4 is 0 Å². The predicted molar refractivity (Wildman–Crippen MR) is 93.1 cm³/mol. The second-order valence-electron chi connectivity index (χ2n) is 6.24. The molecule has 0 saturated carbocycles. The first-order valence-corrected chi connectivity index (χ1v) is 10.3. The van der Waals surface area contributed by atoms with E-state index in [2.05, 4.69) is 27.2 Å². The maximum atomic E-state index is 12.7. The van der Waals surface area contributed by atoms with Crippen molar-refractivity contribution in [3.8, 4) is 0 Å². The molecule has 8 nitrogen and oxygen atoms in total. The van der Waals surface area contributed by atoms with Gasteiger partial charge < -0.3 is 0 Å². The van der Waals surface area contributed by atoms with Crippen LogP contribution in [0, 0.1) is 13.8 Å². The summed E-state index contributed by atoms with van der Waals surface area (Å²) in [7, 11) is -3.53. The lowest BCUT2D eigenvalue weighted by atomic mass is 9.89. The van der Waals surface area contributed by atoms with Crippen LogP contribution in [0.5, 0.6) is 0 Å². The summed E-state index contributed by atoms with van der Waals surface area (Å²) in [6.07, 6.45) is 5.11. The normalized spacial score (nSPS) is 17.4. The minimum absolute atomic E-state index is 0.0867. The minimum Gasteiger partial charge on any atom is -0.221 e. The van der Waals surface area contributed by atoms with Gasteiger partial charge in [-0.1, -0.05) is 11.3 Å². The van der Waals surface area contributed by atoms with Crippen LogP contribution in [0.4, 0.5) is 0 Å². The third-order valence-electron chi connectivity index (χ3n) is 4.62. The molecular weight excluding hydrogens is 360 g/mol. The van der Waals surface area contributed by atoms with Crippen molar-refractivity contribution >= 4 is 27.0 Å². The summed E-state index contributed by atoms with van der Waals surface area (Å²) in [6.45, 7) is 4.80. The summed E-state index contributed by atoms with van der Waals surface area (Å²) in [5.41, 5.74) is 3.20. The van der Waals surface area contributed by atoms with E-state index >= 15 is 0 Å². The number of pyridine rings is 1. The predicted octanol–water partition coefficient (Wildman–Crippen LogP) is 1.77. The Morgan fingerprint density at radius 1 is 1.20 bits per heavy atom. The van der Waals surface area contributed by atoms with E-state index in [-0.39, 0.29) is 4.34 Å². The van der Waals surface area contributed by atoms with Gasteiger partial charge in [0, 0.05) is 19.3 Å².